The number of esters is 1. The van der Waals surface area contributed by atoms with Crippen LogP contribution in [0.25, 0.3) is 0 Å². The van der Waals surface area contributed by atoms with Gasteiger partial charge in [-0.1, -0.05) is 27.7 Å². The molecule has 18 heavy (non-hydrogen) atoms. The van der Waals surface area contributed by atoms with E-state index in [4.69, 9.17) is 14.2 Å². The Hall–Kier alpha value is -0.610. The minimum absolute atomic E-state index is 0.134. The summed E-state index contributed by atoms with van der Waals surface area (Å²) in [6.45, 7) is 11.0. The van der Waals surface area contributed by atoms with E-state index in [0.717, 1.165) is 6.42 Å². The summed E-state index contributed by atoms with van der Waals surface area (Å²) < 4.78 is 16.7. The van der Waals surface area contributed by atoms with Gasteiger partial charge in [0.1, 0.15) is 12.7 Å². The van der Waals surface area contributed by atoms with Crippen LogP contribution in [-0.2, 0) is 19.0 Å². The van der Waals surface area contributed by atoms with Crippen molar-refractivity contribution < 1.29 is 19.0 Å². The Bertz CT molecular complexity index is 275. The van der Waals surface area contributed by atoms with Crippen LogP contribution in [0.4, 0.5) is 0 Å². The molecule has 0 bridgehead atoms. The molecule has 106 valence electrons. The predicted octanol–water partition coefficient (Wildman–Crippen LogP) is 2.75. The van der Waals surface area contributed by atoms with Crippen LogP contribution in [0.2, 0.25) is 0 Å². The largest absolute Gasteiger partial charge is 0.463 e. The zero-order valence-electron chi connectivity index (χ0n) is 12.2. The van der Waals surface area contributed by atoms with Crippen molar-refractivity contribution in [1.82, 2.24) is 0 Å². The molecule has 1 aliphatic heterocycles. The van der Waals surface area contributed by atoms with Crippen molar-refractivity contribution >= 4 is 5.97 Å². The highest BCUT2D eigenvalue weighted by atomic mass is 16.7. The molecule has 1 saturated heterocycles. The average Bonchev–Trinajstić information content (AvgIpc) is 2.54. The third-order valence-electron chi connectivity index (χ3n) is 2.77. The number of hydrogen-bond donors (Lipinski definition) is 0. The van der Waals surface area contributed by atoms with Crippen LogP contribution < -0.4 is 0 Å². The molecule has 4 heteroatoms. The summed E-state index contributed by atoms with van der Waals surface area (Å²) in [6, 6.07) is 0. The summed E-state index contributed by atoms with van der Waals surface area (Å²) in [7, 11) is 0. The van der Waals surface area contributed by atoms with E-state index in [1.807, 2.05) is 20.8 Å². The first-order valence-electron chi connectivity index (χ1n) is 6.78. The third kappa shape index (κ3) is 5.36. The van der Waals surface area contributed by atoms with E-state index < -0.39 is 5.79 Å². The van der Waals surface area contributed by atoms with Gasteiger partial charge in [-0.2, -0.15) is 0 Å². The van der Waals surface area contributed by atoms with Crippen molar-refractivity contribution in [2.45, 2.75) is 59.4 Å². The molecule has 2 atom stereocenters. The lowest BCUT2D eigenvalue weighted by Crippen LogP contribution is -2.30. The van der Waals surface area contributed by atoms with Gasteiger partial charge in [0, 0.05) is 12.8 Å². The first-order valence-corrected chi connectivity index (χ1v) is 6.78. The topological polar surface area (TPSA) is 44.8 Å². The molecular formula is C14H26O4. The third-order valence-corrected chi connectivity index (χ3v) is 2.77. The molecule has 2 unspecified atom stereocenters. The summed E-state index contributed by atoms with van der Waals surface area (Å²) in [5.74, 6) is 0.149. The Morgan fingerprint density at radius 3 is 2.56 bits per heavy atom. The van der Waals surface area contributed by atoms with E-state index in [-0.39, 0.29) is 12.1 Å². The van der Waals surface area contributed by atoms with Crippen LogP contribution in [0.15, 0.2) is 0 Å². The highest BCUT2D eigenvalue weighted by molar-refractivity contribution is 5.69. The lowest BCUT2D eigenvalue weighted by atomic mass is 10.0. The fourth-order valence-electron chi connectivity index (χ4n) is 2.20. The second kappa shape index (κ2) is 6.53. The van der Waals surface area contributed by atoms with Crippen LogP contribution in [0.3, 0.4) is 0 Å². The van der Waals surface area contributed by atoms with Gasteiger partial charge >= 0.3 is 5.97 Å². The molecular weight excluding hydrogens is 232 g/mol. The SMILES string of the molecule is CC(C)CC(=O)OCC1COC(C)(CC(C)C)O1. The van der Waals surface area contributed by atoms with Crippen molar-refractivity contribution in [3.05, 3.63) is 0 Å². The average molecular weight is 258 g/mol. The number of carbonyl (C=O) groups is 1. The fourth-order valence-corrected chi connectivity index (χ4v) is 2.20. The zero-order valence-corrected chi connectivity index (χ0v) is 12.2. The quantitative estimate of drug-likeness (QED) is 0.687. The minimum atomic E-state index is -0.525. The standard InChI is InChI=1S/C14H26O4/c1-10(2)6-13(15)16-8-12-9-17-14(5,18-12)7-11(3)4/h10-12H,6-9H2,1-5H3. The highest BCUT2D eigenvalue weighted by Gasteiger charge is 2.38. The molecule has 0 aromatic carbocycles. The normalized spacial score (nSPS) is 28.1. The Labute approximate surface area is 110 Å². The minimum Gasteiger partial charge on any atom is -0.463 e. The van der Waals surface area contributed by atoms with Crippen molar-refractivity contribution in [2.75, 3.05) is 13.2 Å². The van der Waals surface area contributed by atoms with E-state index >= 15 is 0 Å². The molecule has 1 fully saturated rings. The molecule has 0 aromatic heterocycles. The lowest BCUT2D eigenvalue weighted by Gasteiger charge is -2.25. The van der Waals surface area contributed by atoms with Crippen LogP contribution in [0, 0.1) is 11.8 Å². The lowest BCUT2D eigenvalue weighted by molar-refractivity contribution is -0.173. The molecule has 0 N–H and O–H groups in total. The van der Waals surface area contributed by atoms with Crippen molar-refractivity contribution in [2.24, 2.45) is 11.8 Å². The molecule has 0 saturated carbocycles. The summed E-state index contributed by atoms with van der Waals surface area (Å²) in [5, 5.41) is 0. The van der Waals surface area contributed by atoms with E-state index in [1.165, 1.54) is 0 Å². The Morgan fingerprint density at radius 1 is 1.33 bits per heavy atom. The monoisotopic (exact) mass is 258 g/mol. The molecule has 1 heterocycles. The zero-order chi connectivity index (χ0) is 13.8. The van der Waals surface area contributed by atoms with Gasteiger partial charge in [-0.15, -0.1) is 0 Å². The van der Waals surface area contributed by atoms with Gasteiger partial charge in [0.2, 0.25) is 0 Å². The fraction of sp³-hybridized carbons (Fsp3) is 0.929. The van der Waals surface area contributed by atoms with Gasteiger partial charge in [-0.25, -0.2) is 0 Å². The molecule has 0 aliphatic carbocycles. The van der Waals surface area contributed by atoms with Gasteiger partial charge in [0.15, 0.2) is 5.79 Å². The van der Waals surface area contributed by atoms with Gasteiger partial charge in [-0.3, -0.25) is 4.79 Å². The number of hydrogen-bond acceptors (Lipinski definition) is 4. The summed E-state index contributed by atoms with van der Waals surface area (Å²) >= 11 is 0. The second-order valence-corrected chi connectivity index (χ2v) is 6.06. The van der Waals surface area contributed by atoms with Crippen LogP contribution in [0.5, 0.6) is 0 Å². The maximum absolute atomic E-state index is 11.4. The van der Waals surface area contributed by atoms with Crippen LogP contribution >= 0.6 is 0 Å². The van der Waals surface area contributed by atoms with Crippen molar-refractivity contribution in [3.63, 3.8) is 0 Å². The molecule has 0 aromatic rings. The maximum Gasteiger partial charge on any atom is 0.306 e. The first kappa shape index (κ1) is 15.4. The Balaban J connectivity index is 2.28. The summed E-state index contributed by atoms with van der Waals surface area (Å²) in [6.07, 6.45) is 1.17. The highest BCUT2D eigenvalue weighted by Crippen LogP contribution is 2.29. The van der Waals surface area contributed by atoms with E-state index in [0.29, 0.717) is 31.5 Å². The van der Waals surface area contributed by atoms with E-state index in [2.05, 4.69) is 13.8 Å². The molecule has 0 amide bonds. The van der Waals surface area contributed by atoms with E-state index in [1.54, 1.807) is 0 Å². The van der Waals surface area contributed by atoms with E-state index in [9.17, 15) is 4.79 Å². The summed E-state index contributed by atoms with van der Waals surface area (Å²) in [4.78, 5) is 11.4. The van der Waals surface area contributed by atoms with Crippen molar-refractivity contribution in [3.8, 4) is 0 Å². The maximum atomic E-state index is 11.4. The van der Waals surface area contributed by atoms with Crippen LogP contribution in [0.1, 0.15) is 47.5 Å². The van der Waals surface area contributed by atoms with Crippen LogP contribution in [-0.4, -0.2) is 31.1 Å². The van der Waals surface area contributed by atoms with Gasteiger partial charge in [0.25, 0.3) is 0 Å². The smallest absolute Gasteiger partial charge is 0.306 e. The van der Waals surface area contributed by atoms with Gasteiger partial charge in [0.05, 0.1) is 6.61 Å². The molecule has 0 radical (unpaired) electrons. The Morgan fingerprint density at radius 2 is 2.00 bits per heavy atom. The second-order valence-electron chi connectivity index (χ2n) is 6.06. The predicted molar refractivity (Wildman–Crippen MR) is 69.1 cm³/mol. The van der Waals surface area contributed by atoms with Gasteiger partial charge in [-0.05, 0) is 18.8 Å². The van der Waals surface area contributed by atoms with Crippen molar-refractivity contribution in [1.29, 1.82) is 0 Å². The molecule has 1 aliphatic rings. The first-order chi connectivity index (χ1) is 8.31. The number of carbonyl (C=O) groups excluding carboxylic acids is 1. The molecule has 0 spiro atoms. The molecule has 4 nitrogen and oxygen atoms in total. The van der Waals surface area contributed by atoms with Gasteiger partial charge < -0.3 is 14.2 Å². The number of rotatable bonds is 6. The summed E-state index contributed by atoms with van der Waals surface area (Å²) in [5.41, 5.74) is 0. The molecule has 1 rings (SSSR count). The Kier molecular flexibility index (Phi) is 5.60. The number of ether oxygens (including phenoxy) is 3.